The summed E-state index contributed by atoms with van der Waals surface area (Å²) in [4.78, 5) is 36.5. The monoisotopic (exact) mass is 1150 g/mol. The number of rotatable bonds is 8. The van der Waals surface area contributed by atoms with Crippen molar-refractivity contribution >= 4 is 40.4 Å². The molecule has 3 saturated heterocycles. The lowest BCUT2D eigenvalue weighted by Gasteiger charge is -2.62. The second kappa shape index (κ2) is 29.9. The smallest absolute Gasteiger partial charge is 0.377 e. The molecule has 78 heavy (non-hydrogen) atoms. The number of carbonyl (C=O) groups excluding carboxylic acids is 3. The van der Waals surface area contributed by atoms with Crippen molar-refractivity contribution in [3.05, 3.63) is 66.2 Å². The van der Waals surface area contributed by atoms with Crippen molar-refractivity contribution in [2.75, 3.05) is 75.9 Å². The molecule has 3 aliphatic heterocycles. The number of aliphatic hydroxyl groups is 4. The highest BCUT2D eigenvalue weighted by atomic mass is 32.2. The summed E-state index contributed by atoms with van der Waals surface area (Å²) in [7, 11) is 0.432. The van der Waals surface area contributed by atoms with Crippen molar-refractivity contribution in [1.29, 1.82) is 0 Å². The fourth-order valence-corrected chi connectivity index (χ4v) is 14.8. The fraction of sp³-hybridized carbons (Fsp3) is 0.746. The first kappa shape index (κ1) is 66.0. The highest BCUT2D eigenvalue weighted by molar-refractivity contribution is 7.97. The molecular weight excluding hydrogens is 1060 g/mol. The molecule has 13 rings (SSSR count). The topological polar surface area (TPSA) is 188 Å². The number of alkyl halides is 4. The van der Waals surface area contributed by atoms with Crippen LogP contribution in [0.25, 0.3) is 0 Å². The number of esters is 2. The lowest BCUT2D eigenvalue weighted by Crippen LogP contribution is -2.65. The summed E-state index contributed by atoms with van der Waals surface area (Å²) in [5.74, 6) is -4.74. The van der Waals surface area contributed by atoms with Crippen molar-refractivity contribution in [3.63, 3.8) is 0 Å². The standard InChI is InChI=1S/C16H22F2O5.C14H21OS.C13H16F2O3.C6H6.C4H8OS.C3H8O3.C3H8/c1-14(17,18)13(20)23-15-4-9-2-10(5-15)16(11(3-9)6-15)21-8-12(7-19)22-16;1-14(2,3)12-4-6-13(7-5-12)16-10-8-15-9-11-16;1-12(14,15)11(17)18-13-4-7-2-8(5-13)10(16)9(3-7)6-13;1-2-4-6-5-3-1;1-3-6-4-2-5-1;4-1-3(6)2-5;1-3-2/h9-12,19H,2-8H2,1H3;4-7H,8-11H2,1-3H3;7-9H,2-6H2,1H3;1-6H;1-4H2;3-6H,1-2H2;3H2,1-2H3/q;+1;;;;;/p+1. The van der Waals surface area contributed by atoms with Crippen LogP contribution in [0.3, 0.4) is 0 Å². The van der Waals surface area contributed by atoms with Crippen molar-refractivity contribution < 1.29 is 80.8 Å². The summed E-state index contributed by atoms with van der Waals surface area (Å²) < 4.78 is 85.3. The molecule has 442 valence electrons. The van der Waals surface area contributed by atoms with Gasteiger partial charge in [-0.1, -0.05) is 89.6 Å². The molecule has 13 nitrogen and oxygen atoms in total. The van der Waals surface area contributed by atoms with Gasteiger partial charge in [-0.3, -0.25) is 4.79 Å². The normalized spacial score (nSPS) is 31.2. The number of benzene rings is 2. The van der Waals surface area contributed by atoms with Gasteiger partial charge in [0.15, 0.2) is 10.7 Å². The average molecular weight is 1150 g/mol. The minimum atomic E-state index is -3.47. The summed E-state index contributed by atoms with van der Waals surface area (Å²) in [6.45, 7) is 15.6. The number of aliphatic hydroxyl groups excluding tert-OH is 4. The Morgan fingerprint density at radius 2 is 1.13 bits per heavy atom. The van der Waals surface area contributed by atoms with Gasteiger partial charge in [0.2, 0.25) is 0 Å². The Morgan fingerprint density at radius 3 is 1.49 bits per heavy atom. The molecule has 2 aromatic rings. The molecular formula is C59H90F4O13S2+2. The van der Waals surface area contributed by atoms with Gasteiger partial charge in [0.1, 0.15) is 52.2 Å². The van der Waals surface area contributed by atoms with Gasteiger partial charge < -0.3 is 48.8 Å². The van der Waals surface area contributed by atoms with Gasteiger partial charge in [0.05, 0.1) is 52.9 Å². The molecule has 4 N–H and O–H groups in total. The average Bonchev–Trinajstić information content (AvgIpc) is 4.02. The summed E-state index contributed by atoms with van der Waals surface area (Å²) >= 11 is 1.57. The number of Topliss-reactive ketones (excluding diaryl/α,β-unsaturated/α-hetero) is 1. The second-order valence-corrected chi connectivity index (χ2v) is 27.0. The van der Waals surface area contributed by atoms with E-state index in [0.29, 0.717) is 81.7 Å². The number of carbonyl (C=O) groups is 3. The van der Waals surface area contributed by atoms with Crippen LogP contribution < -0.4 is 0 Å². The Kier molecular flexibility index (Phi) is 25.3. The molecule has 0 amide bonds. The van der Waals surface area contributed by atoms with E-state index >= 15 is 0 Å². The first-order chi connectivity index (χ1) is 36.8. The Morgan fingerprint density at radius 1 is 0.692 bits per heavy atom. The second-order valence-electron chi connectivity index (χ2n) is 23.4. The summed E-state index contributed by atoms with van der Waals surface area (Å²) in [6, 6.07) is 21.2. The van der Waals surface area contributed by atoms with E-state index in [1.165, 1.54) is 39.9 Å². The zero-order chi connectivity index (χ0) is 57.4. The molecule has 0 aromatic heterocycles. The lowest BCUT2D eigenvalue weighted by atomic mass is 9.51. The minimum absolute atomic E-state index is 0.0311. The van der Waals surface area contributed by atoms with Crippen LogP contribution in [0.1, 0.15) is 125 Å². The fourth-order valence-electron chi connectivity index (χ4n) is 12.2. The summed E-state index contributed by atoms with van der Waals surface area (Å²) in [5.41, 5.74) is 0.0914. The third-order valence-corrected chi connectivity index (χ3v) is 18.7. The summed E-state index contributed by atoms with van der Waals surface area (Å²) in [5, 5.41) is 33.3. The van der Waals surface area contributed by atoms with Crippen LogP contribution in [-0.4, -0.2) is 155 Å². The number of hydrogen-bond donors (Lipinski definition) is 4. The zero-order valence-corrected chi connectivity index (χ0v) is 48.7. The molecule has 19 heteroatoms. The van der Waals surface area contributed by atoms with Crippen LogP contribution in [-0.2, 0) is 70.9 Å². The van der Waals surface area contributed by atoms with E-state index in [9.17, 15) is 37.1 Å². The lowest BCUT2D eigenvalue weighted by molar-refractivity contribution is -0.322. The van der Waals surface area contributed by atoms with Gasteiger partial charge in [-0.15, -0.1) is 0 Å². The highest BCUT2D eigenvalue weighted by Crippen LogP contribution is 2.64. The SMILES string of the molecule is C1C[SH+]CCO1.CC(C)(C)c1ccc([S+]2CCOCC2)cc1.CC(F)(F)C(=O)OC12CC3CC(C1)C(=O)C(C3)C2.CC(F)(F)C(=O)OC12CC3CC(C1)C1(OCC(CO)O1)C(C3)C2.CCC.OCC(O)CO.c1ccccc1. The molecule has 5 atom stereocenters. The van der Waals surface area contributed by atoms with Crippen LogP contribution in [0.4, 0.5) is 17.6 Å². The predicted octanol–water partition coefficient (Wildman–Crippen LogP) is 8.46. The quantitative estimate of drug-likeness (QED) is 0.0855. The van der Waals surface area contributed by atoms with Crippen LogP contribution in [0, 0.1) is 35.5 Å². The largest absolute Gasteiger partial charge is 0.455 e. The maximum Gasteiger partial charge on any atom is 0.377 e. The molecule has 11 aliphatic rings. The maximum absolute atomic E-state index is 13.2. The number of hydrogen-bond acceptors (Lipinski definition) is 13. The number of ether oxygens (including phenoxy) is 6. The summed E-state index contributed by atoms with van der Waals surface area (Å²) in [6.07, 6.45) is 6.65. The van der Waals surface area contributed by atoms with Gasteiger partial charge in [-0.2, -0.15) is 17.6 Å². The molecule has 2 aromatic carbocycles. The number of thiol groups is 1. The van der Waals surface area contributed by atoms with Gasteiger partial charge in [-0.25, -0.2) is 9.59 Å². The van der Waals surface area contributed by atoms with Crippen molar-refractivity contribution in [1.82, 2.24) is 0 Å². The first-order valence-corrected chi connectivity index (χ1v) is 30.8. The molecule has 11 fully saturated rings. The van der Waals surface area contributed by atoms with E-state index in [-0.39, 0.29) is 60.8 Å². The molecule has 3 heterocycles. The van der Waals surface area contributed by atoms with Crippen LogP contribution in [0.15, 0.2) is 65.6 Å². The zero-order valence-electron chi connectivity index (χ0n) is 47.0. The van der Waals surface area contributed by atoms with Crippen LogP contribution >= 0.6 is 0 Å². The third kappa shape index (κ3) is 18.8. The minimum Gasteiger partial charge on any atom is -0.455 e. The van der Waals surface area contributed by atoms with E-state index in [0.717, 1.165) is 52.1 Å². The molecule has 0 radical (unpaired) electrons. The van der Waals surface area contributed by atoms with Crippen molar-refractivity contribution in [2.45, 2.75) is 170 Å². The molecule has 8 saturated carbocycles. The molecule has 8 aliphatic carbocycles. The van der Waals surface area contributed by atoms with E-state index in [1.54, 1.807) is 11.8 Å². The predicted molar refractivity (Wildman–Crippen MR) is 295 cm³/mol. The Balaban J connectivity index is 0.000000184. The molecule has 1 spiro atoms. The van der Waals surface area contributed by atoms with E-state index < -0.39 is 46.9 Å². The van der Waals surface area contributed by atoms with Gasteiger partial charge >= 0.3 is 23.8 Å². The number of halogens is 4. The van der Waals surface area contributed by atoms with E-state index in [4.69, 9.17) is 43.7 Å². The van der Waals surface area contributed by atoms with Crippen molar-refractivity contribution in [3.8, 4) is 0 Å². The maximum atomic E-state index is 13.2. The Bertz CT molecular complexity index is 2040. The van der Waals surface area contributed by atoms with E-state index in [2.05, 4.69) is 58.9 Å². The Labute approximate surface area is 467 Å². The third-order valence-electron chi connectivity index (χ3n) is 15.5. The van der Waals surface area contributed by atoms with Crippen LogP contribution in [0.5, 0.6) is 0 Å². The Hall–Kier alpha value is -2.85. The van der Waals surface area contributed by atoms with Gasteiger partial charge in [0.25, 0.3) is 0 Å². The van der Waals surface area contributed by atoms with Gasteiger partial charge in [0, 0.05) is 48.4 Å². The highest BCUT2D eigenvalue weighted by Gasteiger charge is 2.68. The first-order valence-electron chi connectivity index (χ1n) is 28.0. The van der Waals surface area contributed by atoms with Crippen LogP contribution in [0.2, 0.25) is 0 Å². The van der Waals surface area contributed by atoms with Crippen molar-refractivity contribution in [2.24, 2.45) is 35.5 Å². The molecule has 5 unspecified atom stereocenters. The molecule has 8 bridgehead atoms. The number of ketones is 1. The van der Waals surface area contributed by atoms with E-state index in [1.807, 2.05) is 36.4 Å². The van der Waals surface area contributed by atoms with Gasteiger partial charge in [-0.05, 0) is 111 Å².